The lowest BCUT2D eigenvalue weighted by atomic mass is 9.64. The molecule has 82 heavy (non-hydrogen) atoms. The molecule has 0 unspecified atom stereocenters. The Morgan fingerprint density at radius 3 is 0.890 bits per heavy atom. The van der Waals surface area contributed by atoms with Gasteiger partial charge in [0.05, 0.1) is 43.1 Å². The zero-order valence-electron chi connectivity index (χ0n) is 50.0. The molecular formula is C74H84Br2F2N4. The number of anilines is 6. The molecule has 4 nitrogen and oxygen atoms in total. The highest BCUT2D eigenvalue weighted by Crippen LogP contribution is 2.59. The van der Waals surface area contributed by atoms with Crippen molar-refractivity contribution in [3.63, 3.8) is 0 Å². The summed E-state index contributed by atoms with van der Waals surface area (Å²) in [6, 6.07) is 45.6. The first kappa shape index (κ1) is 59.5. The average molecular weight is 1230 g/mol. The summed E-state index contributed by atoms with van der Waals surface area (Å²) in [4.78, 5) is 15.4. The fourth-order valence-electron chi connectivity index (χ4n) is 13.8. The number of aryl methyl sites for hydroxylation is 4. The number of benzene rings is 7. The second kappa shape index (κ2) is 26.1. The molecule has 0 spiro atoms. The Balaban J connectivity index is 1.08. The molecule has 2 aliphatic heterocycles. The Bertz CT molecular complexity index is 3180. The third kappa shape index (κ3) is 11.5. The van der Waals surface area contributed by atoms with E-state index in [4.69, 9.17) is 9.97 Å². The molecule has 0 fully saturated rings. The van der Waals surface area contributed by atoms with Crippen molar-refractivity contribution in [3.05, 3.63) is 186 Å². The second-order valence-electron chi connectivity index (χ2n) is 24.1. The minimum absolute atomic E-state index is 0.0600. The first-order valence-corrected chi connectivity index (χ1v) is 32.7. The smallest absolute Gasteiger partial charge is 0.176 e. The highest BCUT2D eigenvalue weighted by molar-refractivity contribution is 9.11. The Morgan fingerprint density at radius 2 is 0.634 bits per heavy atom. The Labute approximate surface area is 505 Å². The number of aromatic nitrogens is 2. The van der Waals surface area contributed by atoms with Gasteiger partial charge in [-0.2, -0.15) is 0 Å². The SMILES string of the molecule is CCCCCCC1(CCCCCC)c2cc(C)ccc2N(c2ccc(-c3nc4c(Br)c(F)c(F)c(Br)c4nc3-c3ccc(N4c5ccc(C)cc5C(CCCCCC)(CCCCCC)c5cc(C)ccc54)cc3)cc2)c2ccc(C)cc21. The topological polar surface area (TPSA) is 32.3 Å². The van der Waals surface area contributed by atoms with E-state index in [0.717, 1.165) is 48.2 Å². The van der Waals surface area contributed by atoms with Crippen LogP contribution in [0.25, 0.3) is 33.5 Å². The number of hydrogen-bond donors (Lipinski definition) is 0. The predicted molar refractivity (Wildman–Crippen MR) is 351 cm³/mol. The van der Waals surface area contributed by atoms with Crippen LogP contribution in [0.3, 0.4) is 0 Å². The summed E-state index contributed by atoms with van der Waals surface area (Å²) in [6.07, 6.45) is 24.1. The minimum atomic E-state index is -1.01. The van der Waals surface area contributed by atoms with Gasteiger partial charge in [-0.1, -0.05) is 225 Å². The number of fused-ring (bicyclic) bond motifs is 5. The third-order valence-electron chi connectivity index (χ3n) is 18.2. The van der Waals surface area contributed by atoms with E-state index in [1.165, 1.54) is 170 Å². The van der Waals surface area contributed by atoms with Crippen LogP contribution >= 0.6 is 31.9 Å². The molecule has 8 heteroatoms. The molecule has 8 aromatic rings. The number of halogens is 4. The minimum Gasteiger partial charge on any atom is -0.310 e. The summed E-state index contributed by atoms with van der Waals surface area (Å²) in [6.45, 7) is 18.1. The normalized spacial score (nSPS) is 14.0. The fraction of sp³-hybridized carbons (Fsp3) is 0.405. The third-order valence-corrected chi connectivity index (χ3v) is 19.6. The van der Waals surface area contributed by atoms with Crippen molar-refractivity contribution in [2.75, 3.05) is 9.80 Å². The van der Waals surface area contributed by atoms with E-state index in [1.807, 2.05) is 0 Å². The summed E-state index contributed by atoms with van der Waals surface area (Å²) >= 11 is 6.80. The fourth-order valence-corrected chi connectivity index (χ4v) is 14.7. The maximum Gasteiger partial charge on any atom is 0.176 e. The van der Waals surface area contributed by atoms with Gasteiger partial charge in [-0.15, -0.1) is 0 Å². The number of nitrogens with zero attached hydrogens (tertiary/aromatic N) is 4. The van der Waals surface area contributed by atoms with Crippen LogP contribution in [0.4, 0.5) is 42.9 Å². The Morgan fingerprint density at radius 1 is 0.366 bits per heavy atom. The van der Waals surface area contributed by atoms with Crippen molar-refractivity contribution in [1.29, 1.82) is 0 Å². The van der Waals surface area contributed by atoms with Gasteiger partial charge in [0.1, 0.15) is 11.0 Å². The first-order valence-electron chi connectivity index (χ1n) is 31.1. The zero-order valence-corrected chi connectivity index (χ0v) is 53.2. The van der Waals surface area contributed by atoms with Gasteiger partial charge in [0.15, 0.2) is 11.6 Å². The van der Waals surface area contributed by atoms with Crippen molar-refractivity contribution in [1.82, 2.24) is 9.97 Å². The van der Waals surface area contributed by atoms with Gasteiger partial charge < -0.3 is 9.80 Å². The molecule has 0 N–H and O–H groups in total. The summed E-state index contributed by atoms with van der Waals surface area (Å²) < 4.78 is 31.2. The van der Waals surface area contributed by atoms with E-state index in [1.54, 1.807) is 0 Å². The van der Waals surface area contributed by atoms with Gasteiger partial charge in [0.25, 0.3) is 0 Å². The van der Waals surface area contributed by atoms with Crippen LogP contribution in [0, 0.1) is 39.3 Å². The van der Waals surface area contributed by atoms with Crippen molar-refractivity contribution in [2.24, 2.45) is 0 Å². The van der Waals surface area contributed by atoms with Crippen LogP contribution in [0.5, 0.6) is 0 Å². The second-order valence-corrected chi connectivity index (χ2v) is 25.7. The largest absolute Gasteiger partial charge is 0.310 e. The maximum absolute atomic E-state index is 15.7. The molecule has 0 aliphatic carbocycles. The predicted octanol–water partition coefficient (Wildman–Crippen LogP) is 24.0. The van der Waals surface area contributed by atoms with Crippen molar-refractivity contribution in [3.8, 4) is 22.5 Å². The molecule has 7 aromatic carbocycles. The summed E-state index contributed by atoms with van der Waals surface area (Å²) in [7, 11) is 0. The molecule has 3 heterocycles. The molecule has 1 aromatic heterocycles. The van der Waals surface area contributed by atoms with Gasteiger partial charge in [0, 0.05) is 33.3 Å². The lowest BCUT2D eigenvalue weighted by Gasteiger charge is -2.46. The molecule has 0 bridgehead atoms. The average Bonchev–Trinajstić information content (AvgIpc) is 3.62. The van der Waals surface area contributed by atoms with E-state index in [-0.39, 0.29) is 30.8 Å². The molecule has 0 amide bonds. The monoisotopic (exact) mass is 1220 g/mol. The van der Waals surface area contributed by atoms with Gasteiger partial charge in [0.2, 0.25) is 0 Å². The number of unbranched alkanes of at least 4 members (excludes halogenated alkanes) is 12. The van der Waals surface area contributed by atoms with Gasteiger partial charge in [-0.05, 0) is 156 Å². The lowest BCUT2D eigenvalue weighted by Crippen LogP contribution is -2.36. The molecule has 2 aliphatic rings. The van der Waals surface area contributed by atoms with E-state index < -0.39 is 11.6 Å². The van der Waals surface area contributed by atoms with Crippen LogP contribution in [0.2, 0.25) is 0 Å². The van der Waals surface area contributed by atoms with Crippen molar-refractivity contribution in [2.45, 2.75) is 195 Å². The summed E-state index contributed by atoms with van der Waals surface area (Å²) in [5, 5.41) is 0. The molecule has 0 saturated heterocycles. The quantitative estimate of drug-likeness (QED) is 0.0343. The van der Waals surface area contributed by atoms with Crippen LogP contribution in [-0.2, 0) is 10.8 Å². The highest BCUT2D eigenvalue weighted by Gasteiger charge is 2.45. The van der Waals surface area contributed by atoms with E-state index in [2.05, 4.69) is 218 Å². The van der Waals surface area contributed by atoms with Crippen LogP contribution in [0.1, 0.15) is 201 Å². The van der Waals surface area contributed by atoms with Crippen molar-refractivity contribution >= 4 is 77.0 Å². The highest BCUT2D eigenvalue weighted by atomic mass is 79.9. The molecule has 428 valence electrons. The Kier molecular flexibility index (Phi) is 18.9. The van der Waals surface area contributed by atoms with Gasteiger partial charge in [-0.25, -0.2) is 18.7 Å². The molecule has 0 radical (unpaired) electrons. The van der Waals surface area contributed by atoms with E-state index in [0.29, 0.717) is 11.4 Å². The molecule has 10 rings (SSSR count). The van der Waals surface area contributed by atoms with E-state index >= 15 is 8.78 Å². The summed E-state index contributed by atoms with van der Waals surface area (Å²) in [5.74, 6) is -2.02. The number of rotatable bonds is 24. The molecule has 0 atom stereocenters. The number of hydrogen-bond acceptors (Lipinski definition) is 4. The maximum atomic E-state index is 15.7. The standard InChI is InChI=1S/C74H84Br2F2N4/c1-9-13-17-21-41-73(42-22-18-14-10-2)57-45-49(5)25-37-61(57)81(62-38-26-50(6)46-58(62)73)55-33-29-53(30-34-55)69-70(80-72-66(76)68(78)67(77)65(75)71(72)79-69)54-31-35-56(36-32-54)82-63-39-27-51(7)47-59(63)74(43-23-19-15-11-3,44-24-20-16-12-4)60-48-52(8)28-40-64(60)82/h25-40,45-48H,9-24,41-44H2,1-8H3. The Hall–Kier alpha value is -5.70. The van der Waals surface area contributed by atoms with E-state index in [9.17, 15) is 0 Å². The van der Waals surface area contributed by atoms with Crippen LogP contribution in [-0.4, -0.2) is 9.97 Å². The van der Waals surface area contributed by atoms with Crippen LogP contribution in [0.15, 0.2) is 130 Å². The van der Waals surface area contributed by atoms with Gasteiger partial charge in [-0.3, -0.25) is 0 Å². The first-order chi connectivity index (χ1) is 39.8. The van der Waals surface area contributed by atoms with Crippen molar-refractivity contribution < 1.29 is 8.78 Å². The zero-order chi connectivity index (χ0) is 57.7. The molecular weight excluding hydrogens is 1140 g/mol. The molecule has 0 saturated carbocycles. The van der Waals surface area contributed by atoms with Crippen LogP contribution < -0.4 is 9.80 Å². The van der Waals surface area contributed by atoms with Gasteiger partial charge >= 0.3 is 0 Å². The summed E-state index contributed by atoms with van der Waals surface area (Å²) in [5.41, 5.74) is 20.8. The lowest BCUT2D eigenvalue weighted by molar-refractivity contribution is 0.391.